The molecule has 1 aromatic heterocycles. The van der Waals surface area contributed by atoms with Crippen LogP contribution in [0.15, 0.2) is 94.1 Å². The quantitative estimate of drug-likeness (QED) is 0.243. The van der Waals surface area contributed by atoms with Gasteiger partial charge in [-0.05, 0) is 17.7 Å². The Labute approximate surface area is 189 Å². The normalized spacial score (nSPS) is 11.6. The highest BCUT2D eigenvalue weighted by Gasteiger charge is 2.36. The third-order valence-corrected chi connectivity index (χ3v) is 5.59. The maximum atomic E-state index is 12.6. The molecule has 3 aromatic carbocycles. The molecule has 0 aliphatic heterocycles. The van der Waals surface area contributed by atoms with Crippen LogP contribution in [-0.4, -0.2) is 19.5 Å². The number of ether oxygens (including phenoxy) is 3. The fraction of sp³-hybridized carbons (Fsp3) is 0.160. The van der Waals surface area contributed by atoms with Crippen molar-refractivity contribution in [1.82, 2.24) is 0 Å². The zero-order chi connectivity index (χ0) is 22.4. The molecule has 0 radical (unpaired) electrons. The van der Waals surface area contributed by atoms with E-state index in [1.165, 1.54) is 20.3 Å². The lowest BCUT2D eigenvalue weighted by molar-refractivity contribution is -0.254. The van der Waals surface area contributed by atoms with E-state index >= 15 is 0 Å². The molecule has 6 nitrogen and oxygen atoms in total. The number of rotatable bonds is 9. The monoisotopic (exact) mass is 450 g/mol. The molecule has 1 heterocycles. The molecule has 7 heteroatoms. The number of benzene rings is 3. The Kier molecular flexibility index (Phi) is 6.92. The Morgan fingerprint density at radius 1 is 0.875 bits per heavy atom. The molecule has 0 bridgehead atoms. The summed E-state index contributed by atoms with van der Waals surface area (Å²) in [5.41, 5.74) is 2.07. The maximum absolute atomic E-state index is 12.6. The van der Waals surface area contributed by atoms with Crippen LogP contribution in [0.4, 0.5) is 0 Å². The molecule has 0 aliphatic rings. The van der Waals surface area contributed by atoms with Gasteiger partial charge >= 0.3 is 5.31 Å². The van der Waals surface area contributed by atoms with Crippen LogP contribution in [0, 0.1) is 0 Å². The Morgan fingerprint density at radius 3 is 2.25 bits per heavy atom. The van der Waals surface area contributed by atoms with Crippen LogP contribution in [0.3, 0.4) is 0 Å². The molecule has 0 spiro atoms. The molecule has 0 N–H and O–H groups in total. The van der Waals surface area contributed by atoms with Gasteiger partial charge in [-0.3, -0.25) is 4.79 Å². The summed E-state index contributed by atoms with van der Waals surface area (Å²) >= 11 is 0.908. The number of fused-ring (bicyclic) bond motifs is 1. The van der Waals surface area contributed by atoms with Crippen molar-refractivity contribution in [3.63, 3.8) is 0 Å². The van der Waals surface area contributed by atoms with E-state index in [1.54, 1.807) is 18.2 Å². The number of methoxy groups -OCH3 is 2. The summed E-state index contributed by atoms with van der Waals surface area (Å²) in [4.78, 5) is 12.6. The van der Waals surface area contributed by atoms with Crippen molar-refractivity contribution in [3.05, 3.63) is 101 Å². The average molecular weight is 451 g/mol. The molecule has 0 saturated heterocycles. The van der Waals surface area contributed by atoms with Gasteiger partial charge in [0.15, 0.2) is 5.43 Å². The first-order valence-corrected chi connectivity index (χ1v) is 10.6. The van der Waals surface area contributed by atoms with Crippen LogP contribution in [0.1, 0.15) is 5.56 Å². The van der Waals surface area contributed by atoms with Gasteiger partial charge in [0, 0.05) is 31.9 Å². The lowest BCUT2D eigenvalue weighted by atomic mass is 10.1. The second-order valence-corrected chi connectivity index (χ2v) is 7.74. The van der Waals surface area contributed by atoms with Crippen molar-refractivity contribution in [3.8, 4) is 17.1 Å². The Morgan fingerprint density at radius 2 is 1.56 bits per heavy atom. The van der Waals surface area contributed by atoms with E-state index in [0.717, 1.165) is 23.2 Å². The number of hydrogen-bond acceptors (Lipinski definition) is 7. The van der Waals surface area contributed by atoms with Crippen LogP contribution in [0.2, 0.25) is 0 Å². The SMILES string of the molecule is COC(OC)(Oc1ccc2c(=O)cc(-c3ccccc3)oc2c1)SOCc1ccccc1. The molecule has 0 unspecified atom stereocenters. The maximum Gasteiger partial charge on any atom is 0.408 e. The van der Waals surface area contributed by atoms with E-state index in [9.17, 15) is 4.79 Å². The molecule has 0 aliphatic carbocycles. The highest BCUT2D eigenvalue weighted by atomic mass is 32.2. The van der Waals surface area contributed by atoms with Crippen LogP contribution in [0.5, 0.6) is 5.75 Å². The fourth-order valence-electron chi connectivity index (χ4n) is 3.08. The van der Waals surface area contributed by atoms with Gasteiger partial charge in [-0.2, -0.15) is 0 Å². The van der Waals surface area contributed by atoms with Crippen molar-refractivity contribution >= 4 is 23.0 Å². The molecule has 4 aromatic rings. The molecule has 4 rings (SSSR count). The second kappa shape index (κ2) is 10.0. The van der Waals surface area contributed by atoms with E-state index in [2.05, 4.69) is 0 Å². The first-order chi connectivity index (χ1) is 15.6. The third kappa shape index (κ3) is 5.03. The van der Waals surface area contributed by atoms with E-state index in [-0.39, 0.29) is 5.43 Å². The molecule has 164 valence electrons. The summed E-state index contributed by atoms with van der Waals surface area (Å²) in [6, 6.07) is 25.6. The van der Waals surface area contributed by atoms with Crippen LogP contribution >= 0.6 is 12.0 Å². The summed E-state index contributed by atoms with van der Waals surface area (Å²) in [7, 11) is 2.91. The van der Waals surface area contributed by atoms with Crippen molar-refractivity contribution in [1.29, 1.82) is 0 Å². The van der Waals surface area contributed by atoms with Crippen molar-refractivity contribution in [2.24, 2.45) is 0 Å². The third-order valence-electron chi connectivity index (χ3n) is 4.73. The van der Waals surface area contributed by atoms with E-state index in [4.69, 9.17) is 22.8 Å². The molecular weight excluding hydrogens is 428 g/mol. The van der Waals surface area contributed by atoms with Crippen molar-refractivity contribution < 1.29 is 22.8 Å². The van der Waals surface area contributed by atoms with Crippen LogP contribution in [-0.2, 0) is 20.3 Å². The highest BCUT2D eigenvalue weighted by molar-refractivity contribution is 7.95. The topological polar surface area (TPSA) is 67.1 Å². The van der Waals surface area contributed by atoms with E-state index in [0.29, 0.717) is 29.1 Å². The van der Waals surface area contributed by atoms with Gasteiger partial charge in [0.25, 0.3) is 0 Å². The van der Waals surface area contributed by atoms with Gasteiger partial charge in [0.2, 0.25) is 0 Å². The summed E-state index contributed by atoms with van der Waals surface area (Å²) in [5, 5.41) is -1.09. The molecule has 0 amide bonds. The van der Waals surface area contributed by atoms with Gasteiger partial charge in [-0.25, -0.2) is 0 Å². The minimum absolute atomic E-state index is 0.137. The first-order valence-electron chi connectivity index (χ1n) is 9.90. The largest absolute Gasteiger partial charge is 0.456 e. The van der Waals surface area contributed by atoms with Crippen molar-refractivity contribution in [2.45, 2.75) is 11.9 Å². The fourth-order valence-corrected chi connectivity index (χ4v) is 3.69. The summed E-state index contributed by atoms with van der Waals surface area (Å²) in [5.74, 6) is 0.871. The Balaban J connectivity index is 1.57. The highest BCUT2D eigenvalue weighted by Crippen LogP contribution is 2.34. The van der Waals surface area contributed by atoms with E-state index in [1.807, 2.05) is 60.7 Å². The second-order valence-electron chi connectivity index (χ2n) is 6.84. The minimum Gasteiger partial charge on any atom is -0.456 e. The average Bonchev–Trinajstić information content (AvgIpc) is 2.84. The van der Waals surface area contributed by atoms with Crippen LogP contribution in [0.25, 0.3) is 22.3 Å². The lowest BCUT2D eigenvalue weighted by Crippen LogP contribution is -2.37. The van der Waals surface area contributed by atoms with Gasteiger partial charge in [0.1, 0.15) is 29.1 Å². The lowest BCUT2D eigenvalue weighted by Gasteiger charge is -2.28. The van der Waals surface area contributed by atoms with Gasteiger partial charge in [0.05, 0.1) is 12.0 Å². The van der Waals surface area contributed by atoms with Gasteiger partial charge < -0.3 is 22.8 Å². The molecular formula is C25H22O6S. The Hall–Kier alpha value is -3.10. The summed E-state index contributed by atoms with van der Waals surface area (Å²) in [6.07, 6.45) is 0. The predicted octanol–water partition coefficient (Wildman–Crippen LogP) is 5.61. The summed E-state index contributed by atoms with van der Waals surface area (Å²) in [6.45, 7) is 0.344. The van der Waals surface area contributed by atoms with Gasteiger partial charge in [-0.1, -0.05) is 60.7 Å². The molecule has 0 atom stereocenters. The summed E-state index contributed by atoms with van der Waals surface area (Å²) < 4.78 is 28.6. The number of hydrogen-bond donors (Lipinski definition) is 0. The first kappa shape index (κ1) is 22.1. The van der Waals surface area contributed by atoms with Crippen LogP contribution < -0.4 is 10.2 Å². The Bertz CT molecular complexity index is 1220. The minimum atomic E-state index is -1.54. The van der Waals surface area contributed by atoms with Gasteiger partial charge in [-0.15, -0.1) is 0 Å². The van der Waals surface area contributed by atoms with E-state index < -0.39 is 5.31 Å². The molecule has 32 heavy (non-hydrogen) atoms. The molecule has 0 fully saturated rings. The van der Waals surface area contributed by atoms with Crippen molar-refractivity contribution in [2.75, 3.05) is 14.2 Å². The standard InChI is InChI=1S/C25H22O6S/c1-27-25(28-2,32-29-17-18-9-5-3-6-10-18)31-20-13-14-21-22(26)16-23(30-24(21)15-20)19-11-7-4-8-12-19/h3-16H,17H2,1-2H3. The molecule has 0 saturated carbocycles. The smallest absolute Gasteiger partial charge is 0.408 e. The zero-order valence-corrected chi connectivity index (χ0v) is 18.5. The predicted molar refractivity (Wildman–Crippen MR) is 124 cm³/mol. The zero-order valence-electron chi connectivity index (χ0n) is 17.6.